The Kier molecular flexibility index (Phi) is 4.45. The largest absolute Gasteiger partial charge is 0.496 e. The Morgan fingerprint density at radius 3 is 2.25 bits per heavy atom. The van der Waals surface area contributed by atoms with Crippen LogP contribution in [0.2, 0.25) is 0 Å². The van der Waals surface area contributed by atoms with E-state index in [0.717, 1.165) is 0 Å². The van der Waals surface area contributed by atoms with Crippen LogP contribution in [0, 0.1) is 11.6 Å². The molecular weight excluding hydrogens is 286 g/mol. The molecule has 0 saturated heterocycles. The molecule has 0 aliphatic rings. The van der Waals surface area contributed by atoms with Crippen LogP contribution in [-0.2, 0) is 0 Å². The molecule has 2 aromatic carbocycles. The van der Waals surface area contributed by atoms with Gasteiger partial charge in [-0.2, -0.15) is 0 Å². The summed E-state index contributed by atoms with van der Waals surface area (Å²) in [6, 6.07) is 8.68. The average Bonchev–Trinajstić information content (AvgIpc) is 2.46. The van der Waals surface area contributed by atoms with Crippen molar-refractivity contribution in [2.45, 2.75) is 5.38 Å². The molecule has 2 aromatic rings. The van der Waals surface area contributed by atoms with Crippen LogP contribution in [0.3, 0.4) is 0 Å². The number of hydrogen-bond donors (Lipinski definition) is 0. The van der Waals surface area contributed by atoms with Crippen LogP contribution in [0.15, 0.2) is 36.4 Å². The van der Waals surface area contributed by atoms with Crippen LogP contribution < -0.4 is 9.47 Å². The molecule has 0 N–H and O–H groups in total. The van der Waals surface area contributed by atoms with Gasteiger partial charge in [-0.25, -0.2) is 8.78 Å². The Morgan fingerprint density at radius 2 is 1.65 bits per heavy atom. The summed E-state index contributed by atoms with van der Waals surface area (Å²) in [4.78, 5) is 0. The van der Waals surface area contributed by atoms with Gasteiger partial charge in [0.15, 0.2) is 11.6 Å². The predicted octanol–water partition coefficient (Wildman–Crippen LogP) is 4.31. The van der Waals surface area contributed by atoms with Crippen molar-refractivity contribution in [1.82, 2.24) is 0 Å². The molecule has 2 rings (SSSR count). The van der Waals surface area contributed by atoms with E-state index in [-0.39, 0.29) is 11.3 Å². The topological polar surface area (TPSA) is 18.5 Å². The molecule has 1 atom stereocenters. The van der Waals surface area contributed by atoms with Gasteiger partial charge in [-0.15, -0.1) is 11.6 Å². The molecule has 5 heteroatoms. The highest BCUT2D eigenvalue weighted by Gasteiger charge is 2.21. The van der Waals surface area contributed by atoms with Crippen LogP contribution in [0.5, 0.6) is 11.5 Å². The SMILES string of the molecule is COc1ccc(C(Cl)c2c(F)cccc2OC)cc1F. The summed E-state index contributed by atoms with van der Waals surface area (Å²) in [5.74, 6) is -0.620. The van der Waals surface area contributed by atoms with E-state index in [2.05, 4.69) is 0 Å². The van der Waals surface area contributed by atoms with Crippen molar-refractivity contribution in [1.29, 1.82) is 0 Å². The molecule has 0 radical (unpaired) electrons. The first-order valence-electron chi connectivity index (χ1n) is 5.88. The lowest BCUT2D eigenvalue weighted by atomic mass is 10.0. The highest BCUT2D eigenvalue weighted by Crippen LogP contribution is 2.37. The van der Waals surface area contributed by atoms with E-state index in [1.165, 1.54) is 38.5 Å². The summed E-state index contributed by atoms with van der Waals surface area (Å²) in [5.41, 5.74) is 0.606. The number of alkyl halides is 1. The molecule has 0 aliphatic carbocycles. The minimum atomic E-state index is -0.855. The maximum atomic E-state index is 13.9. The van der Waals surface area contributed by atoms with Gasteiger partial charge in [0, 0.05) is 0 Å². The number of ether oxygens (including phenoxy) is 2. The van der Waals surface area contributed by atoms with Gasteiger partial charge in [0.2, 0.25) is 0 Å². The zero-order valence-electron chi connectivity index (χ0n) is 11.0. The maximum Gasteiger partial charge on any atom is 0.165 e. The van der Waals surface area contributed by atoms with Gasteiger partial charge in [0.1, 0.15) is 11.6 Å². The van der Waals surface area contributed by atoms with Gasteiger partial charge in [-0.05, 0) is 29.8 Å². The Hall–Kier alpha value is -1.81. The van der Waals surface area contributed by atoms with E-state index < -0.39 is 17.0 Å². The first-order valence-corrected chi connectivity index (χ1v) is 6.32. The third kappa shape index (κ3) is 2.70. The van der Waals surface area contributed by atoms with Crippen molar-refractivity contribution >= 4 is 11.6 Å². The summed E-state index contributed by atoms with van der Waals surface area (Å²) in [6.07, 6.45) is 0. The van der Waals surface area contributed by atoms with Crippen LogP contribution in [0.4, 0.5) is 8.78 Å². The van der Waals surface area contributed by atoms with E-state index in [0.29, 0.717) is 11.3 Å². The van der Waals surface area contributed by atoms with E-state index in [9.17, 15) is 8.78 Å². The number of rotatable bonds is 4. The highest BCUT2D eigenvalue weighted by atomic mass is 35.5. The number of methoxy groups -OCH3 is 2. The summed E-state index contributed by atoms with van der Waals surface area (Å²) in [6.45, 7) is 0. The van der Waals surface area contributed by atoms with Gasteiger partial charge in [-0.1, -0.05) is 12.1 Å². The molecule has 2 nitrogen and oxygen atoms in total. The molecule has 0 amide bonds. The zero-order chi connectivity index (χ0) is 14.7. The fraction of sp³-hybridized carbons (Fsp3) is 0.200. The fourth-order valence-electron chi connectivity index (χ4n) is 1.95. The molecule has 0 bridgehead atoms. The molecule has 0 aliphatic heterocycles. The van der Waals surface area contributed by atoms with E-state index in [1.54, 1.807) is 12.1 Å². The average molecular weight is 299 g/mol. The number of halogens is 3. The predicted molar refractivity (Wildman–Crippen MR) is 73.6 cm³/mol. The molecule has 20 heavy (non-hydrogen) atoms. The molecule has 0 spiro atoms. The van der Waals surface area contributed by atoms with Crippen LogP contribution in [0.25, 0.3) is 0 Å². The second-order valence-corrected chi connectivity index (χ2v) is 4.55. The summed E-state index contributed by atoms with van der Waals surface area (Å²) >= 11 is 6.26. The van der Waals surface area contributed by atoms with Gasteiger partial charge in [0.25, 0.3) is 0 Å². The molecule has 0 aromatic heterocycles. The van der Waals surface area contributed by atoms with Crippen molar-refractivity contribution in [2.75, 3.05) is 14.2 Å². The van der Waals surface area contributed by atoms with Gasteiger partial charge >= 0.3 is 0 Å². The molecular formula is C15H13ClF2O2. The third-order valence-corrected chi connectivity index (χ3v) is 3.42. The molecule has 0 heterocycles. The minimum Gasteiger partial charge on any atom is -0.496 e. The van der Waals surface area contributed by atoms with Crippen LogP contribution in [0.1, 0.15) is 16.5 Å². The van der Waals surface area contributed by atoms with E-state index >= 15 is 0 Å². The number of benzene rings is 2. The van der Waals surface area contributed by atoms with Crippen molar-refractivity contribution in [3.8, 4) is 11.5 Å². The minimum absolute atomic E-state index is 0.109. The Bertz CT molecular complexity index is 617. The molecule has 1 unspecified atom stereocenters. The van der Waals surface area contributed by atoms with Crippen molar-refractivity contribution in [2.24, 2.45) is 0 Å². The van der Waals surface area contributed by atoms with Gasteiger partial charge in [-0.3, -0.25) is 0 Å². The summed E-state index contributed by atoms with van der Waals surface area (Å²) < 4.78 is 37.6. The summed E-state index contributed by atoms with van der Waals surface area (Å²) in [5, 5.41) is -0.855. The standard InChI is InChI=1S/C15H13ClF2O2/c1-19-12-7-6-9(8-11(12)18)15(16)14-10(17)4-3-5-13(14)20-2/h3-8,15H,1-2H3. The van der Waals surface area contributed by atoms with E-state index in [1.807, 2.05) is 0 Å². The summed E-state index contributed by atoms with van der Waals surface area (Å²) in [7, 11) is 2.80. The monoisotopic (exact) mass is 298 g/mol. The van der Waals surface area contributed by atoms with Crippen LogP contribution >= 0.6 is 11.6 Å². The smallest absolute Gasteiger partial charge is 0.165 e. The second-order valence-electron chi connectivity index (χ2n) is 4.11. The molecule has 0 fully saturated rings. The maximum absolute atomic E-state index is 13.9. The van der Waals surface area contributed by atoms with Crippen LogP contribution in [-0.4, -0.2) is 14.2 Å². The van der Waals surface area contributed by atoms with Gasteiger partial charge in [0.05, 0.1) is 25.2 Å². The first-order chi connectivity index (χ1) is 9.58. The van der Waals surface area contributed by atoms with E-state index in [4.69, 9.17) is 21.1 Å². The van der Waals surface area contributed by atoms with Crippen molar-refractivity contribution in [3.05, 3.63) is 59.2 Å². The zero-order valence-corrected chi connectivity index (χ0v) is 11.7. The third-order valence-electron chi connectivity index (χ3n) is 2.95. The molecule has 0 saturated carbocycles. The van der Waals surface area contributed by atoms with Crippen molar-refractivity contribution < 1.29 is 18.3 Å². The Balaban J connectivity index is 2.46. The lowest BCUT2D eigenvalue weighted by Gasteiger charge is -2.15. The lowest BCUT2D eigenvalue weighted by Crippen LogP contribution is -2.02. The first kappa shape index (κ1) is 14.6. The second kappa shape index (κ2) is 6.09. The quantitative estimate of drug-likeness (QED) is 0.783. The highest BCUT2D eigenvalue weighted by molar-refractivity contribution is 6.22. The molecule has 106 valence electrons. The number of hydrogen-bond acceptors (Lipinski definition) is 2. The van der Waals surface area contributed by atoms with Crippen molar-refractivity contribution in [3.63, 3.8) is 0 Å². The lowest BCUT2D eigenvalue weighted by molar-refractivity contribution is 0.386. The van der Waals surface area contributed by atoms with Gasteiger partial charge < -0.3 is 9.47 Å². The Morgan fingerprint density at radius 1 is 0.950 bits per heavy atom. The Labute approximate surface area is 120 Å². The fourth-order valence-corrected chi connectivity index (χ4v) is 2.30. The normalized spacial score (nSPS) is 12.1.